The van der Waals surface area contributed by atoms with Crippen LogP contribution in [0.3, 0.4) is 0 Å². The third kappa shape index (κ3) is 3.81. The van der Waals surface area contributed by atoms with E-state index >= 15 is 0 Å². The van der Waals surface area contributed by atoms with E-state index in [0.29, 0.717) is 22.0 Å². The zero-order chi connectivity index (χ0) is 17.1. The summed E-state index contributed by atoms with van der Waals surface area (Å²) in [6.45, 7) is 0. The average molecular weight is 360 g/mol. The van der Waals surface area contributed by atoms with E-state index in [1.54, 1.807) is 36.4 Å². The number of phenolic OH excluding ortho intramolecular Hbond substituents is 1. The van der Waals surface area contributed by atoms with Gasteiger partial charge in [0, 0.05) is 10.6 Å². The maximum absolute atomic E-state index is 11.6. The normalized spacial score (nSPS) is 16.1. The van der Waals surface area contributed by atoms with E-state index in [-0.39, 0.29) is 10.7 Å². The number of thioether (sulfide) groups is 1. The van der Waals surface area contributed by atoms with Crippen molar-refractivity contribution in [3.8, 4) is 5.75 Å². The van der Waals surface area contributed by atoms with Gasteiger partial charge in [0.1, 0.15) is 5.75 Å². The molecule has 2 N–H and O–H groups in total. The summed E-state index contributed by atoms with van der Waals surface area (Å²) in [5.74, 6) is -0.521. The van der Waals surface area contributed by atoms with Crippen LogP contribution in [0.1, 0.15) is 5.56 Å². The predicted molar refractivity (Wildman–Crippen MR) is 92.8 cm³/mol. The van der Waals surface area contributed by atoms with Crippen molar-refractivity contribution in [3.05, 3.63) is 58.0 Å². The minimum Gasteiger partial charge on any atom is -0.507 e. The molecule has 3 rings (SSSR count). The highest BCUT2D eigenvalue weighted by Gasteiger charge is 2.25. The molecule has 0 radical (unpaired) electrons. The Morgan fingerprint density at radius 2 is 1.83 bits per heavy atom. The topological polar surface area (TPSA) is 91.1 Å². The molecular formula is C16H10ClN3O3S. The highest BCUT2D eigenvalue weighted by atomic mass is 35.5. The number of benzene rings is 2. The number of rotatable bonds is 3. The molecule has 1 fully saturated rings. The van der Waals surface area contributed by atoms with Gasteiger partial charge in [-0.3, -0.25) is 14.9 Å². The van der Waals surface area contributed by atoms with E-state index in [0.717, 1.165) is 11.8 Å². The number of hydrogen-bond donors (Lipinski definition) is 2. The second-order valence-corrected chi connectivity index (χ2v) is 6.23. The smallest absolute Gasteiger partial charge is 0.290 e. The van der Waals surface area contributed by atoms with Crippen LogP contribution in [-0.2, 0) is 4.79 Å². The summed E-state index contributed by atoms with van der Waals surface area (Å²) in [5.41, 5.74) is 1.44. The molecule has 1 saturated heterocycles. The summed E-state index contributed by atoms with van der Waals surface area (Å²) in [6.07, 6.45) is 1.43. The Balaban J connectivity index is 1.88. The molecule has 0 atom stereocenters. The lowest BCUT2D eigenvalue weighted by Crippen LogP contribution is -2.17. The first-order chi connectivity index (χ1) is 11.5. The monoisotopic (exact) mass is 359 g/mol. The number of hydrogen-bond acceptors (Lipinski definition) is 6. The fraction of sp³-hybridized carbons (Fsp3) is 0. The second-order valence-electron chi connectivity index (χ2n) is 4.78. The molecule has 120 valence electrons. The molecular weight excluding hydrogens is 350 g/mol. The number of amides is 2. The van der Waals surface area contributed by atoms with Gasteiger partial charge in [0.2, 0.25) is 0 Å². The van der Waals surface area contributed by atoms with Gasteiger partial charge in [0.05, 0.1) is 16.3 Å². The number of nitrogens with zero attached hydrogens (tertiary/aromatic N) is 2. The molecule has 0 aliphatic carbocycles. The van der Waals surface area contributed by atoms with Crippen molar-refractivity contribution in [2.24, 2.45) is 10.2 Å². The highest BCUT2D eigenvalue weighted by Crippen LogP contribution is 2.31. The molecule has 1 aliphatic rings. The van der Waals surface area contributed by atoms with Gasteiger partial charge in [-0.25, -0.2) is 0 Å². The summed E-state index contributed by atoms with van der Waals surface area (Å²) >= 11 is 6.66. The molecule has 8 heteroatoms. The summed E-state index contributed by atoms with van der Waals surface area (Å²) < 4.78 is 0. The van der Waals surface area contributed by atoms with Gasteiger partial charge in [-0.2, -0.15) is 10.2 Å². The van der Waals surface area contributed by atoms with E-state index in [1.165, 1.54) is 12.1 Å². The van der Waals surface area contributed by atoms with Gasteiger partial charge in [-0.05, 0) is 54.2 Å². The van der Waals surface area contributed by atoms with Gasteiger partial charge < -0.3 is 5.11 Å². The zero-order valence-electron chi connectivity index (χ0n) is 12.1. The first kappa shape index (κ1) is 16.2. The molecule has 0 aromatic heterocycles. The van der Waals surface area contributed by atoms with Gasteiger partial charge in [0.25, 0.3) is 11.1 Å². The summed E-state index contributed by atoms with van der Waals surface area (Å²) in [4.78, 5) is 23.0. The van der Waals surface area contributed by atoms with Crippen LogP contribution in [0.2, 0.25) is 5.02 Å². The Hall–Kier alpha value is -2.64. The molecule has 1 aliphatic heterocycles. The molecule has 0 saturated carbocycles. The van der Waals surface area contributed by atoms with Crippen molar-refractivity contribution in [2.75, 3.05) is 0 Å². The molecule has 1 heterocycles. The fourth-order valence-corrected chi connectivity index (χ4v) is 2.79. The number of nitrogens with one attached hydrogen (secondary N) is 1. The minimum absolute atomic E-state index is 0.0306. The van der Waals surface area contributed by atoms with Crippen LogP contribution in [0.15, 0.2) is 57.6 Å². The van der Waals surface area contributed by atoms with Crippen LogP contribution in [0.25, 0.3) is 6.08 Å². The number of aromatic hydroxyl groups is 1. The summed E-state index contributed by atoms with van der Waals surface area (Å²) in [7, 11) is 0. The molecule has 24 heavy (non-hydrogen) atoms. The van der Waals surface area contributed by atoms with Gasteiger partial charge in [0.15, 0.2) is 0 Å². The van der Waals surface area contributed by atoms with Crippen LogP contribution in [-0.4, -0.2) is 16.3 Å². The van der Waals surface area contributed by atoms with Crippen molar-refractivity contribution in [3.63, 3.8) is 0 Å². The summed E-state index contributed by atoms with van der Waals surface area (Å²) in [6, 6.07) is 11.5. The first-order valence-corrected chi connectivity index (χ1v) is 7.96. The Kier molecular flexibility index (Phi) is 4.64. The van der Waals surface area contributed by atoms with Crippen molar-refractivity contribution in [1.29, 1.82) is 0 Å². The molecule has 6 nitrogen and oxygen atoms in total. The predicted octanol–water partition coefficient (Wildman–Crippen LogP) is 4.78. The zero-order valence-corrected chi connectivity index (χ0v) is 13.6. The standard InChI is InChI=1S/C16H10ClN3O3S/c17-10-2-1-3-11(8-10)19-20-12-4-5-13(21)9(6-12)7-14-15(22)18-16(23)24-14/h1-8,21H,(H,18,22,23)/b14-7-,20-19?. The Labute approximate surface area is 146 Å². The number of carbonyl (C=O) groups is 2. The maximum Gasteiger partial charge on any atom is 0.290 e. The SMILES string of the molecule is O=C1NC(=O)/C(=C/c2cc(N=Nc3cccc(Cl)c3)ccc2O)S1. The largest absolute Gasteiger partial charge is 0.507 e. The number of carbonyl (C=O) groups excluding carboxylic acids is 2. The molecule has 0 bridgehead atoms. The minimum atomic E-state index is -0.490. The molecule has 2 aromatic carbocycles. The van der Waals surface area contributed by atoms with E-state index in [1.807, 2.05) is 0 Å². The van der Waals surface area contributed by atoms with E-state index < -0.39 is 11.1 Å². The third-order valence-corrected chi connectivity index (χ3v) is 4.07. The van der Waals surface area contributed by atoms with Gasteiger partial charge in [-0.1, -0.05) is 17.7 Å². The lowest BCUT2D eigenvalue weighted by atomic mass is 10.1. The van der Waals surface area contributed by atoms with E-state index in [4.69, 9.17) is 11.6 Å². The maximum atomic E-state index is 11.6. The third-order valence-electron chi connectivity index (χ3n) is 3.03. The lowest BCUT2D eigenvalue weighted by molar-refractivity contribution is -0.115. The molecule has 2 aromatic rings. The van der Waals surface area contributed by atoms with Crippen molar-refractivity contribution >= 4 is 52.0 Å². The van der Waals surface area contributed by atoms with Crippen LogP contribution in [0.4, 0.5) is 16.2 Å². The Bertz CT molecular complexity index is 896. The van der Waals surface area contributed by atoms with E-state index in [9.17, 15) is 14.7 Å². The van der Waals surface area contributed by atoms with Crippen LogP contribution < -0.4 is 5.32 Å². The van der Waals surface area contributed by atoms with Crippen molar-refractivity contribution in [1.82, 2.24) is 5.32 Å². The second kappa shape index (κ2) is 6.86. The number of phenols is 1. The van der Waals surface area contributed by atoms with Gasteiger partial charge in [-0.15, -0.1) is 0 Å². The van der Waals surface area contributed by atoms with Crippen LogP contribution >= 0.6 is 23.4 Å². The highest BCUT2D eigenvalue weighted by molar-refractivity contribution is 8.18. The van der Waals surface area contributed by atoms with Crippen LogP contribution in [0.5, 0.6) is 5.75 Å². The molecule has 2 amide bonds. The number of imide groups is 1. The number of halogens is 1. The quantitative estimate of drug-likeness (QED) is 0.609. The Morgan fingerprint density at radius 1 is 1.08 bits per heavy atom. The fourth-order valence-electron chi connectivity index (χ4n) is 1.94. The average Bonchev–Trinajstić information content (AvgIpc) is 2.86. The molecule has 0 unspecified atom stereocenters. The number of azo groups is 1. The lowest BCUT2D eigenvalue weighted by Gasteiger charge is -2.01. The van der Waals surface area contributed by atoms with Gasteiger partial charge >= 0.3 is 0 Å². The van der Waals surface area contributed by atoms with Crippen molar-refractivity contribution in [2.45, 2.75) is 0 Å². The van der Waals surface area contributed by atoms with E-state index in [2.05, 4.69) is 15.5 Å². The first-order valence-electron chi connectivity index (χ1n) is 6.76. The van der Waals surface area contributed by atoms with Crippen molar-refractivity contribution < 1.29 is 14.7 Å². The molecule has 0 spiro atoms. The Morgan fingerprint density at radius 3 is 2.50 bits per heavy atom. The van der Waals surface area contributed by atoms with Crippen LogP contribution in [0, 0.1) is 0 Å². The summed E-state index contributed by atoms with van der Waals surface area (Å²) in [5, 5.41) is 20.3.